The molecule has 3 aromatic carbocycles. The quantitative estimate of drug-likeness (QED) is 0.105. The first-order valence-electron chi connectivity index (χ1n) is 35.8. The summed E-state index contributed by atoms with van der Waals surface area (Å²) >= 11 is 0. The molecule has 7 aliphatic rings. The molecule has 3 spiro atoms. The van der Waals surface area contributed by atoms with Crippen LogP contribution in [0.25, 0.3) is 0 Å². The Morgan fingerprint density at radius 3 is 1.31 bits per heavy atom. The van der Waals surface area contributed by atoms with Gasteiger partial charge in [0.2, 0.25) is 17.7 Å². The van der Waals surface area contributed by atoms with Gasteiger partial charge in [0.1, 0.15) is 11.7 Å². The molecule has 3 N–H and O–H groups in total. The van der Waals surface area contributed by atoms with Crippen molar-refractivity contribution in [2.75, 3.05) is 65.4 Å². The van der Waals surface area contributed by atoms with Gasteiger partial charge < -0.3 is 35.6 Å². The van der Waals surface area contributed by atoms with Crippen molar-refractivity contribution in [1.82, 2.24) is 50.3 Å². The van der Waals surface area contributed by atoms with Crippen molar-refractivity contribution in [2.45, 2.75) is 225 Å². The number of carbonyl (C=O) groups excluding carboxylic acids is 4. The second kappa shape index (κ2) is 29.8. The molecular weight excluding hydrogens is 1150 g/mol. The van der Waals surface area contributed by atoms with Gasteiger partial charge in [-0.2, -0.15) is 5.10 Å². The summed E-state index contributed by atoms with van der Waals surface area (Å²) in [7, 11) is 1.81. The van der Waals surface area contributed by atoms with Crippen LogP contribution in [0.1, 0.15) is 250 Å². The van der Waals surface area contributed by atoms with Gasteiger partial charge in [0.05, 0.1) is 24.5 Å². The van der Waals surface area contributed by atoms with Crippen molar-refractivity contribution in [3.05, 3.63) is 154 Å². The third-order valence-electron chi connectivity index (χ3n) is 22.5. The fourth-order valence-electron chi connectivity index (χ4n) is 16.5. The number of aryl methyl sites for hydroxylation is 1. The number of piperidine rings is 3. The fraction of sp³-hybridized carbons (Fsp3) is 0.620. The Bertz CT molecular complexity index is 3310. The molecule has 3 aliphatic carbocycles. The maximum Gasteiger partial charge on any atom is 0.270 e. The van der Waals surface area contributed by atoms with Crippen molar-refractivity contribution in [2.24, 2.45) is 23.3 Å². The molecule has 2 aromatic heterocycles. The Morgan fingerprint density at radius 2 is 0.925 bits per heavy atom. The maximum absolute atomic E-state index is 13.1. The van der Waals surface area contributed by atoms with Crippen molar-refractivity contribution in [1.29, 1.82) is 0 Å². The molecule has 0 saturated carbocycles. The van der Waals surface area contributed by atoms with Gasteiger partial charge >= 0.3 is 0 Å². The Kier molecular flexibility index (Phi) is 22.3. The van der Waals surface area contributed by atoms with Gasteiger partial charge in [-0.1, -0.05) is 141 Å². The van der Waals surface area contributed by atoms with Crippen LogP contribution in [0, 0.1) is 16.2 Å². The van der Waals surface area contributed by atoms with Crippen molar-refractivity contribution in [3.63, 3.8) is 0 Å². The molecule has 0 bridgehead atoms. The predicted molar refractivity (Wildman–Crippen MR) is 381 cm³/mol. The molecule has 4 saturated heterocycles. The van der Waals surface area contributed by atoms with Gasteiger partial charge in [-0.15, -0.1) is 0 Å². The Morgan fingerprint density at radius 1 is 0.505 bits per heavy atom. The number of nitrogens with one attached hydrogen (secondary N) is 3. The number of carbonyl (C=O) groups is 4. The topological polar surface area (TPSA) is 148 Å². The van der Waals surface area contributed by atoms with Crippen LogP contribution in [-0.4, -0.2) is 129 Å². The normalized spacial score (nSPS) is 22.7. The highest BCUT2D eigenvalue weighted by atomic mass is 16.2. The molecule has 14 nitrogen and oxygen atoms in total. The number of hydrogen-bond acceptors (Lipinski definition) is 9. The molecule has 510 valence electrons. The number of likely N-dealkylation sites (tertiary alicyclic amines) is 4. The van der Waals surface area contributed by atoms with Gasteiger partial charge in [-0.25, -0.2) is 0 Å². The molecule has 93 heavy (non-hydrogen) atoms. The number of nitrogens with zero attached hydrogens (tertiary/aromatic N) is 7. The molecule has 0 radical (unpaired) electrons. The standard InChI is InChI=1S/C27H41N3O2.C27H37N3O.C25H36N4O.3H2/c1-20(31)30-16-7-10-24(30)25(32)28-23-11-12-27(22-9-6-5-8-21(22)23)14-18-29(19-15-27)17-13-26(2,3)4;1-26(2,3)12-16-30-17-13-27(14-18-30)11-10-24(22-8-4-5-9-23(22)27)29-25(31)19-21-7-6-15-28-20-21;1-24(2,3)12-16-29-17-13-25(14-18-29)11-9-21(19-7-5-6-8-20(19)25)27-23(30)22-10-15-26-28(22)4;;;/h5-6,8-9,23-24H,7,10-19H2,1-4H3,(H,28,32);4-9,15,20,24H,10-14,16-19H2,1-3H3,(H,29,31);5-8,10,15,21H,9,11-14,16-18H2,1-4H3,(H,27,30);3*1H/t23-,24-;24-;21-;;;/m000.../s1. The van der Waals surface area contributed by atoms with E-state index >= 15 is 0 Å². The van der Waals surface area contributed by atoms with E-state index in [0.29, 0.717) is 34.9 Å². The minimum atomic E-state index is -0.304. The first-order chi connectivity index (χ1) is 44.3. The highest BCUT2D eigenvalue weighted by Gasteiger charge is 2.46. The Labute approximate surface area is 563 Å². The van der Waals surface area contributed by atoms with Crippen LogP contribution in [0.5, 0.6) is 0 Å². The van der Waals surface area contributed by atoms with Crippen LogP contribution < -0.4 is 16.0 Å². The molecule has 6 heterocycles. The lowest BCUT2D eigenvalue weighted by Crippen LogP contribution is -2.49. The molecule has 4 aliphatic heterocycles. The van der Waals surface area contributed by atoms with Gasteiger partial charge in [-0.3, -0.25) is 28.8 Å². The fourth-order valence-corrected chi connectivity index (χ4v) is 16.5. The summed E-state index contributed by atoms with van der Waals surface area (Å²) in [4.78, 5) is 64.3. The van der Waals surface area contributed by atoms with E-state index in [-0.39, 0.29) is 68.3 Å². The third-order valence-corrected chi connectivity index (χ3v) is 22.5. The summed E-state index contributed by atoms with van der Waals surface area (Å²) in [6.07, 6.45) is 24.7. The lowest BCUT2D eigenvalue weighted by atomic mass is 9.63. The zero-order chi connectivity index (χ0) is 66.2. The number of rotatable bonds is 13. The summed E-state index contributed by atoms with van der Waals surface area (Å²) in [5.41, 5.74) is 11.9. The van der Waals surface area contributed by atoms with Gasteiger partial charge in [0.25, 0.3) is 5.91 Å². The maximum atomic E-state index is 13.1. The number of hydrogen-bond donors (Lipinski definition) is 3. The molecule has 4 fully saturated rings. The Hall–Kier alpha value is -6.22. The molecule has 5 aromatic rings. The average molecular weight is 1270 g/mol. The van der Waals surface area contributed by atoms with E-state index in [1.165, 1.54) is 137 Å². The molecular formula is C79H120N10O4. The summed E-state index contributed by atoms with van der Waals surface area (Å²) in [6, 6.07) is 32.0. The summed E-state index contributed by atoms with van der Waals surface area (Å²) in [6.45, 7) is 33.9. The minimum absolute atomic E-state index is 0. The van der Waals surface area contributed by atoms with E-state index in [0.717, 1.165) is 70.0 Å². The molecule has 12 rings (SSSR count). The van der Waals surface area contributed by atoms with Crippen LogP contribution in [-0.2, 0) is 44.1 Å². The number of amides is 4. The molecule has 4 amide bonds. The van der Waals surface area contributed by atoms with E-state index in [4.69, 9.17) is 0 Å². The van der Waals surface area contributed by atoms with Crippen LogP contribution >= 0.6 is 0 Å². The third kappa shape index (κ3) is 17.6. The van der Waals surface area contributed by atoms with E-state index in [1.54, 1.807) is 41.2 Å². The smallest absolute Gasteiger partial charge is 0.270 e. The lowest BCUT2D eigenvalue weighted by molar-refractivity contribution is -0.137. The van der Waals surface area contributed by atoms with E-state index in [2.05, 4.69) is 176 Å². The molecule has 0 unspecified atom stereocenters. The van der Waals surface area contributed by atoms with Crippen molar-refractivity contribution < 1.29 is 23.5 Å². The predicted octanol–water partition coefficient (Wildman–Crippen LogP) is 14.7. The largest absolute Gasteiger partial charge is 0.349 e. The zero-order valence-corrected chi connectivity index (χ0v) is 58.8. The number of fused-ring (bicyclic) bond motifs is 6. The second-order valence-corrected chi connectivity index (χ2v) is 32.6. The molecule has 4 atom stereocenters. The first kappa shape index (κ1) is 69.6. The van der Waals surface area contributed by atoms with Gasteiger partial charge in [0, 0.05) is 43.4 Å². The second-order valence-electron chi connectivity index (χ2n) is 32.6. The number of benzene rings is 3. The SMILES string of the molecule is CC(=O)N1CCC[C@H]1C(=O)N[C@H]1CCC2(CCN(CCC(C)(C)C)CC2)c2ccccc21.CC(C)(C)CCN1CCC2(CC[C@H](NC(=O)Cc3cccnc3)c3ccccc32)CC1.Cn1nccc1C(=O)N[C@H]1CCC2(CCN(CCC(C)(C)C)CC2)c2ccccc21.[HH].[HH].[HH]. The average Bonchev–Trinajstić information content (AvgIpc) is 0.900. The van der Waals surface area contributed by atoms with Gasteiger partial charge in [-0.05, 0) is 252 Å². The number of aromatic nitrogens is 3. The van der Waals surface area contributed by atoms with Crippen molar-refractivity contribution >= 4 is 23.6 Å². The highest BCUT2D eigenvalue weighted by molar-refractivity contribution is 5.92. The monoisotopic (exact) mass is 1270 g/mol. The van der Waals surface area contributed by atoms with E-state index in [9.17, 15) is 19.2 Å². The summed E-state index contributed by atoms with van der Waals surface area (Å²) in [5.74, 6) is 0.0674. The minimum Gasteiger partial charge on any atom is -0.349 e. The van der Waals surface area contributed by atoms with E-state index in [1.807, 2.05) is 19.2 Å². The van der Waals surface area contributed by atoms with Crippen molar-refractivity contribution in [3.8, 4) is 0 Å². The first-order valence-corrected chi connectivity index (χ1v) is 35.8. The van der Waals surface area contributed by atoms with E-state index < -0.39 is 0 Å². The number of pyridine rings is 1. The lowest BCUT2D eigenvalue weighted by Gasteiger charge is -2.47. The summed E-state index contributed by atoms with van der Waals surface area (Å²) in [5, 5.41) is 14.0. The zero-order valence-electron chi connectivity index (χ0n) is 58.8. The highest BCUT2D eigenvalue weighted by Crippen LogP contribution is 2.51. The molecule has 14 heteroatoms. The Balaban J connectivity index is 0.000000200. The summed E-state index contributed by atoms with van der Waals surface area (Å²) < 4.78 is 1.64. The van der Waals surface area contributed by atoms with Crippen LogP contribution in [0.3, 0.4) is 0 Å². The van der Waals surface area contributed by atoms with Crippen LogP contribution in [0.15, 0.2) is 110 Å². The van der Waals surface area contributed by atoms with Crippen LogP contribution in [0.2, 0.25) is 0 Å². The van der Waals surface area contributed by atoms with Gasteiger partial charge in [0.15, 0.2) is 0 Å². The van der Waals surface area contributed by atoms with Crippen LogP contribution in [0.4, 0.5) is 0 Å².